The normalized spacial score (nSPS) is 12.6. The molecular weight excluding hydrogens is 266 g/mol. The molecule has 0 amide bonds. The fraction of sp³-hybridized carbons (Fsp3) is 0.0588. The minimum atomic E-state index is -0.985. The van der Waals surface area contributed by atoms with E-state index < -0.39 is 5.97 Å². The van der Waals surface area contributed by atoms with E-state index in [-0.39, 0.29) is 5.56 Å². The molecule has 0 aromatic heterocycles. The topological polar surface area (TPSA) is 50.9 Å². The molecule has 0 fully saturated rings. The van der Waals surface area contributed by atoms with Crippen LogP contribution in [0.5, 0.6) is 5.75 Å². The average molecular weight is 277 g/mol. The van der Waals surface area contributed by atoms with Gasteiger partial charge in [-0.15, -0.1) is 0 Å². The molecule has 0 spiro atoms. The first-order valence-electron chi connectivity index (χ1n) is 6.38. The fourth-order valence-corrected chi connectivity index (χ4v) is 2.38. The van der Waals surface area contributed by atoms with Gasteiger partial charge in [-0.2, -0.15) is 0 Å². The van der Waals surface area contributed by atoms with Gasteiger partial charge in [-0.05, 0) is 35.4 Å². The van der Waals surface area contributed by atoms with Crippen molar-refractivity contribution >= 4 is 17.2 Å². The number of benzene rings is 2. The van der Waals surface area contributed by atoms with Gasteiger partial charge in [0.1, 0.15) is 12.4 Å². The summed E-state index contributed by atoms with van der Waals surface area (Å²) in [6.07, 6.45) is 1.87. The van der Waals surface area contributed by atoms with Gasteiger partial charge in [0.25, 0.3) is 0 Å². The van der Waals surface area contributed by atoms with E-state index in [0.717, 1.165) is 11.1 Å². The molecule has 0 radical (unpaired) electrons. The van der Waals surface area contributed by atoms with Crippen LogP contribution in [0.1, 0.15) is 21.5 Å². The van der Waals surface area contributed by atoms with Crippen LogP contribution >= 0.6 is 0 Å². The van der Waals surface area contributed by atoms with Crippen molar-refractivity contribution in [3.63, 3.8) is 0 Å². The standard InChI is InChI=1S/C17H11NO3/c1-18-15-5-3-2-4-13(15)12-8-9-21-16-7-6-11(17(19)20)10-14(12)16/h2-8,10H,9H2,(H,19,20). The van der Waals surface area contributed by atoms with Gasteiger partial charge >= 0.3 is 5.97 Å². The van der Waals surface area contributed by atoms with E-state index in [1.807, 2.05) is 24.3 Å². The van der Waals surface area contributed by atoms with Crippen LogP contribution in [0.3, 0.4) is 0 Å². The Kier molecular flexibility index (Phi) is 3.17. The third-order valence-corrected chi connectivity index (χ3v) is 3.36. The highest BCUT2D eigenvalue weighted by atomic mass is 16.5. The Balaban J connectivity index is 2.19. The van der Waals surface area contributed by atoms with E-state index >= 15 is 0 Å². The van der Waals surface area contributed by atoms with Gasteiger partial charge in [0, 0.05) is 5.56 Å². The van der Waals surface area contributed by atoms with Gasteiger partial charge in [-0.3, -0.25) is 0 Å². The predicted molar refractivity (Wildman–Crippen MR) is 78.7 cm³/mol. The molecule has 1 aliphatic rings. The molecule has 1 aliphatic heterocycles. The first kappa shape index (κ1) is 12.9. The minimum absolute atomic E-state index is 0.199. The molecule has 4 heteroatoms. The number of ether oxygens (including phenoxy) is 1. The van der Waals surface area contributed by atoms with Gasteiger partial charge in [-0.1, -0.05) is 24.3 Å². The lowest BCUT2D eigenvalue weighted by molar-refractivity contribution is 0.0697. The highest BCUT2D eigenvalue weighted by molar-refractivity contribution is 5.94. The molecule has 0 atom stereocenters. The van der Waals surface area contributed by atoms with Gasteiger partial charge in [0.15, 0.2) is 5.69 Å². The number of fused-ring (bicyclic) bond motifs is 1. The second kappa shape index (κ2) is 5.14. The number of aromatic carboxylic acids is 1. The second-order valence-electron chi connectivity index (χ2n) is 4.57. The van der Waals surface area contributed by atoms with Crippen LogP contribution in [0.2, 0.25) is 0 Å². The Morgan fingerprint density at radius 3 is 2.76 bits per heavy atom. The number of nitrogens with zero attached hydrogens (tertiary/aromatic N) is 1. The summed E-state index contributed by atoms with van der Waals surface area (Å²) in [7, 11) is 0. The molecule has 2 aromatic carbocycles. The summed E-state index contributed by atoms with van der Waals surface area (Å²) in [5.41, 5.74) is 3.07. The monoisotopic (exact) mass is 277 g/mol. The molecule has 21 heavy (non-hydrogen) atoms. The maximum absolute atomic E-state index is 11.1. The molecule has 1 N–H and O–H groups in total. The van der Waals surface area contributed by atoms with E-state index in [2.05, 4.69) is 4.85 Å². The quantitative estimate of drug-likeness (QED) is 0.850. The van der Waals surface area contributed by atoms with Crippen molar-refractivity contribution < 1.29 is 14.6 Å². The van der Waals surface area contributed by atoms with Crippen LogP contribution < -0.4 is 4.74 Å². The zero-order chi connectivity index (χ0) is 14.8. The molecule has 2 aromatic rings. The molecule has 4 nitrogen and oxygen atoms in total. The fourth-order valence-electron chi connectivity index (χ4n) is 2.38. The first-order valence-corrected chi connectivity index (χ1v) is 6.38. The molecular formula is C17H11NO3. The lowest BCUT2D eigenvalue weighted by atomic mass is 9.93. The SMILES string of the molecule is [C-]#[N+]c1ccccc1C1=CCOc2ccc(C(=O)O)cc21. The zero-order valence-corrected chi connectivity index (χ0v) is 11.0. The Bertz CT molecular complexity index is 800. The maximum atomic E-state index is 11.1. The van der Waals surface area contributed by atoms with Crippen molar-refractivity contribution in [3.05, 3.63) is 76.6 Å². The van der Waals surface area contributed by atoms with Crippen molar-refractivity contribution in [2.75, 3.05) is 6.61 Å². The molecule has 1 heterocycles. The number of hydrogen-bond acceptors (Lipinski definition) is 2. The third kappa shape index (κ3) is 2.26. The Hall–Kier alpha value is -3.06. The Labute approximate surface area is 121 Å². The summed E-state index contributed by atoms with van der Waals surface area (Å²) < 4.78 is 5.54. The smallest absolute Gasteiger partial charge is 0.335 e. The molecule has 102 valence electrons. The van der Waals surface area contributed by atoms with Crippen LogP contribution in [-0.4, -0.2) is 17.7 Å². The van der Waals surface area contributed by atoms with Crippen molar-refractivity contribution in [3.8, 4) is 5.75 Å². The Morgan fingerprint density at radius 1 is 1.19 bits per heavy atom. The van der Waals surface area contributed by atoms with E-state index in [9.17, 15) is 4.79 Å². The summed E-state index contributed by atoms with van der Waals surface area (Å²) in [5.74, 6) is -0.349. The van der Waals surface area contributed by atoms with Gasteiger partial charge < -0.3 is 9.84 Å². The zero-order valence-electron chi connectivity index (χ0n) is 11.0. The summed E-state index contributed by atoms with van der Waals surface area (Å²) in [6.45, 7) is 7.67. The van der Waals surface area contributed by atoms with Crippen molar-refractivity contribution in [2.45, 2.75) is 0 Å². The Morgan fingerprint density at radius 2 is 2.00 bits per heavy atom. The maximum Gasteiger partial charge on any atom is 0.335 e. The summed E-state index contributed by atoms with van der Waals surface area (Å²) >= 11 is 0. The number of carbonyl (C=O) groups is 1. The first-order chi connectivity index (χ1) is 10.2. The molecule has 0 aliphatic carbocycles. The van der Waals surface area contributed by atoms with Gasteiger partial charge in [0.05, 0.1) is 12.1 Å². The number of hydrogen-bond donors (Lipinski definition) is 1. The third-order valence-electron chi connectivity index (χ3n) is 3.36. The van der Waals surface area contributed by atoms with Crippen molar-refractivity contribution in [1.29, 1.82) is 0 Å². The lowest BCUT2D eigenvalue weighted by Gasteiger charge is -2.20. The van der Waals surface area contributed by atoms with Gasteiger partial charge in [0.2, 0.25) is 0 Å². The van der Waals surface area contributed by atoms with Crippen LogP contribution in [0.25, 0.3) is 10.4 Å². The highest BCUT2D eigenvalue weighted by Gasteiger charge is 2.19. The van der Waals surface area contributed by atoms with Crippen LogP contribution in [-0.2, 0) is 0 Å². The molecule has 0 bridgehead atoms. The summed E-state index contributed by atoms with van der Waals surface area (Å²) in [6, 6.07) is 12.0. The number of carboxylic acid groups (broad SMARTS) is 1. The largest absolute Gasteiger partial charge is 0.489 e. The van der Waals surface area contributed by atoms with Crippen molar-refractivity contribution in [2.24, 2.45) is 0 Å². The number of para-hydroxylation sites is 1. The number of rotatable bonds is 2. The number of carboxylic acids is 1. The highest BCUT2D eigenvalue weighted by Crippen LogP contribution is 2.38. The average Bonchev–Trinajstić information content (AvgIpc) is 2.53. The predicted octanol–water partition coefficient (Wildman–Crippen LogP) is 3.76. The van der Waals surface area contributed by atoms with E-state index in [0.29, 0.717) is 23.6 Å². The minimum Gasteiger partial charge on any atom is -0.489 e. The van der Waals surface area contributed by atoms with E-state index in [4.69, 9.17) is 16.4 Å². The van der Waals surface area contributed by atoms with E-state index in [1.54, 1.807) is 18.2 Å². The van der Waals surface area contributed by atoms with Crippen LogP contribution in [0.4, 0.5) is 5.69 Å². The van der Waals surface area contributed by atoms with Crippen LogP contribution in [0, 0.1) is 6.57 Å². The molecule has 0 saturated carbocycles. The summed E-state index contributed by atoms with van der Waals surface area (Å²) in [5, 5.41) is 9.14. The van der Waals surface area contributed by atoms with E-state index in [1.165, 1.54) is 6.07 Å². The molecule has 3 rings (SSSR count). The molecule has 0 unspecified atom stereocenters. The van der Waals surface area contributed by atoms with Crippen molar-refractivity contribution in [1.82, 2.24) is 0 Å². The van der Waals surface area contributed by atoms with Crippen LogP contribution in [0.15, 0.2) is 48.5 Å². The van der Waals surface area contributed by atoms with Gasteiger partial charge in [-0.25, -0.2) is 9.64 Å². The summed E-state index contributed by atoms with van der Waals surface area (Å²) in [4.78, 5) is 14.7. The molecule has 0 saturated heterocycles. The lowest BCUT2D eigenvalue weighted by Crippen LogP contribution is -2.07. The second-order valence-corrected chi connectivity index (χ2v) is 4.57.